The molecule has 0 amide bonds. The molecule has 1 N–H and O–H groups in total. The van der Waals surface area contributed by atoms with E-state index in [1.54, 1.807) is 11.8 Å². The monoisotopic (exact) mass is 388 g/mol. The predicted octanol–water partition coefficient (Wildman–Crippen LogP) is 6.22. The summed E-state index contributed by atoms with van der Waals surface area (Å²) in [5.41, 5.74) is 0. The van der Waals surface area contributed by atoms with Crippen LogP contribution in [-0.2, 0) is 14.3 Å². The lowest BCUT2D eigenvalue weighted by Gasteiger charge is -2.05. The number of carbonyl (C=O) groups excluding carboxylic acids is 1. The van der Waals surface area contributed by atoms with Crippen molar-refractivity contribution in [3.8, 4) is 0 Å². The van der Waals surface area contributed by atoms with Crippen molar-refractivity contribution >= 4 is 23.7 Å². The molecule has 0 radical (unpaired) electrons. The molecule has 0 rings (SSSR count). The normalized spacial score (nSPS) is 10.8. The minimum absolute atomic E-state index is 0.0942. The molecule has 0 aliphatic carbocycles. The van der Waals surface area contributed by atoms with Crippen molar-refractivity contribution in [3.63, 3.8) is 0 Å². The van der Waals surface area contributed by atoms with Gasteiger partial charge in [0.15, 0.2) is 0 Å². The van der Waals surface area contributed by atoms with E-state index >= 15 is 0 Å². The summed E-state index contributed by atoms with van der Waals surface area (Å²) in [5.74, 6) is 0.910. The first kappa shape index (κ1) is 25.3. The van der Waals surface area contributed by atoms with Gasteiger partial charge in [-0.2, -0.15) is 11.8 Å². The molecule has 0 bridgehead atoms. The van der Waals surface area contributed by atoms with Crippen LogP contribution in [0.5, 0.6) is 0 Å². The van der Waals surface area contributed by atoms with Crippen LogP contribution in [-0.4, -0.2) is 35.2 Å². The number of unbranched alkanes of at least 4 members (excludes halogenated alkanes) is 10. The maximum Gasteiger partial charge on any atom is 0.305 e. The first-order chi connectivity index (χ1) is 12.7. The van der Waals surface area contributed by atoms with Crippen molar-refractivity contribution in [1.82, 2.24) is 0 Å². The minimum atomic E-state index is -0.739. The van der Waals surface area contributed by atoms with Crippen LogP contribution in [0.4, 0.5) is 0 Å². The van der Waals surface area contributed by atoms with Crippen molar-refractivity contribution in [2.24, 2.45) is 0 Å². The summed E-state index contributed by atoms with van der Waals surface area (Å²) in [4.78, 5) is 22.0. The van der Waals surface area contributed by atoms with Crippen molar-refractivity contribution in [2.45, 2.75) is 103 Å². The average molecular weight is 389 g/mol. The molecule has 0 saturated carbocycles. The van der Waals surface area contributed by atoms with E-state index < -0.39 is 5.97 Å². The number of hydrogen-bond acceptors (Lipinski definition) is 4. The molecular weight excluding hydrogens is 348 g/mol. The number of esters is 1. The quantitative estimate of drug-likeness (QED) is 0.198. The molecule has 0 heterocycles. The number of thioether (sulfide) groups is 1. The van der Waals surface area contributed by atoms with Crippen LogP contribution in [0.2, 0.25) is 0 Å². The lowest BCUT2D eigenvalue weighted by molar-refractivity contribution is -0.143. The molecule has 0 aromatic carbocycles. The minimum Gasteiger partial charge on any atom is -0.481 e. The van der Waals surface area contributed by atoms with Gasteiger partial charge in [0, 0.05) is 12.8 Å². The van der Waals surface area contributed by atoms with Gasteiger partial charge in [-0.1, -0.05) is 71.1 Å². The van der Waals surface area contributed by atoms with E-state index in [9.17, 15) is 9.59 Å². The van der Waals surface area contributed by atoms with Crippen LogP contribution in [0.1, 0.15) is 103 Å². The van der Waals surface area contributed by atoms with E-state index in [2.05, 4.69) is 6.92 Å². The highest BCUT2D eigenvalue weighted by Crippen LogP contribution is 2.12. The van der Waals surface area contributed by atoms with Crippen LogP contribution in [0.25, 0.3) is 0 Å². The Morgan fingerprint density at radius 1 is 0.731 bits per heavy atom. The molecule has 0 aromatic rings. The lowest BCUT2D eigenvalue weighted by atomic mass is 10.1. The third-order valence-electron chi connectivity index (χ3n) is 4.36. The van der Waals surface area contributed by atoms with Gasteiger partial charge in [-0.25, -0.2) is 0 Å². The summed E-state index contributed by atoms with van der Waals surface area (Å²) in [6.07, 6.45) is 16.5. The molecule has 0 aliphatic rings. The van der Waals surface area contributed by atoms with Gasteiger partial charge in [0.2, 0.25) is 0 Å². The summed E-state index contributed by atoms with van der Waals surface area (Å²) in [5, 5.41) is 8.53. The zero-order chi connectivity index (χ0) is 19.3. The maximum absolute atomic E-state index is 11.6. The summed E-state index contributed by atoms with van der Waals surface area (Å²) in [6.45, 7) is 2.81. The highest BCUT2D eigenvalue weighted by Gasteiger charge is 2.03. The Balaban J connectivity index is 3.16. The Morgan fingerprint density at radius 2 is 1.23 bits per heavy atom. The molecule has 26 heavy (non-hydrogen) atoms. The number of aliphatic carboxylic acids is 1. The van der Waals surface area contributed by atoms with E-state index in [0.29, 0.717) is 19.4 Å². The Bertz CT molecular complexity index is 334. The molecule has 0 aromatic heterocycles. The van der Waals surface area contributed by atoms with Gasteiger partial charge in [0.05, 0.1) is 6.61 Å². The Morgan fingerprint density at radius 3 is 1.77 bits per heavy atom. The zero-order valence-corrected chi connectivity index (χ0v) is 17.6. The van der Waals surface area contributed by atoms with E-state index in [1.165, 1.54) is 57.8 Å². The Hall–Kier alpha value is -0.710. The van der Waals surface area contributed by atoms with Crippen molar-refractivity contribution in [2.75, 3.05) is 18.1 Å². The standard InChI is InChI=1S/C21H40O4S/c1-2-3-4-5-6-7-8-9-10-11-12-17-25-21(24)16-14-19-26-18-13-15-20(22)23/h2-19H2,1H3,(H,22,23). The lowest BCUT2D eigenvalue weighted by Crippen LogP contribution is -2.06. The average Bonchev–Trinajstić information content (AvgIpc) is 2.61. The van der Waals surface area contributed by atoms with E-state index in [1.807, 2.05) is 0 Å². The highest BCUT2D eigenvalue weighted by atomic mass is 32.2. The molecule has 0 atom stereocenters. The van der Waals surface area contributed by atoms with Crippen molar-refractivity contribution in [1.29, 1.82) is 0 Å². The van der Waals surface area contributed by atoms with Crippen LogP contribution >= 0.6 is 11.8 Å². The Labute approximate surface area is 164 Å². The number of carboxylic acids is 1. The van der Waals surface area contributed by atoms with Gasteiger partial charge in [-0.05, 0) is 30.8 Å². The topological polar surface area (TPSA) is 63.6 Å². The fourth-order valence-electron chi connectivity index (χ4n) is 2.77. The van der Waals surface area contributed by atoms with E-state index in [-0.39, 0.29) is 12.4 Å². The van der Waals surface area contributed by atoms with Gasteiger partial charge < -0.3 is 9.84 Å². The number of hydrogen-bond donors (Lipinski definition) is 1. The maximum atomic E-state index is 11.6. The SMILES string of the molecule is CCCCCCCCCCCCCOC(=O)CCCSCCCC(=O)O. The third kappa shape index (κ3) is 21.3. The fourth-order valence-corrected chi connectivity index (χ4v) is 3.67. The van der Waals surface area contributed by atoms with Gasteiger partial charge in [-0.15, -0.1) is 0 Å². The van der Waals surface area contributed by atoms with Crippen LogP contribution in [0.15, 0.2) is 0 Å². The predicted molar refractivity (Wildman–Crippen MR) is 111 cm³/mol. The molecule has 0 aliphatic heterocycles. The van der Waals surface area contributed by atoms with Gasteiger partial charge in [-0.3, -0.25) is 9.59 Å². The summed E-state index contributed by atoms with van der Waals surface area (Å²) >= 11 is 1.71. The first-order valence-corrected chi connectivity index (χ1v) is 11.8. The molecule has 5 heteroatoms. The third-order valence-corrected chi connectivity index (χ3v) is 5.51. The second-order valence-electron chi connectivity index (χ2n) is 6.97. The van der Waals surface area contributed by atoms with Crippen LogP contribution in [0, 0.1) is 0 Å². The summed E-state index contributed by atoms with van der Waals surface area (Å²) in [7, 11) is 0. The summed E-state index contributed by atoms with van der Waals surface area (Å²) in [6, 6.07) is 0. The van der Waals surface area contributed by atoms with E-state index in [0.717, 1.165) is 30.8 Å². The fraction of sp³-hybridized carbons (Fsp3) is 0.905. The number of carboxylic acid groups (broad SMARTS) is 1. The second kappa shape index (κ2) is 20.6. The number of rotatable bonds is 20. The molecule has 0 fully saturated rings. The number of ether oxygens (including phenoxy) is 1. The van der Waals surface area contributed by atoms with Gasteiger partial charge in [0.25, 0.3) is 0 Å². The van der Waals surface area contributed by atoms with Crippen LogP contribution in [0.3, 0.4) is 0 Å². The Kier molecular flexibility index (Phi) is 20.0. The van der Waals surface area contributed by atoms with E-state index in [4.69, 9.17) is 9.84 Å². The second-order valence-corrected chi connectivity index (χ2v) is 8.19. The molecule has 0 saturated heterocycles. The molecule has 4 nitrogen and oxygen atoms in total. The largest absolute Gasteiger partial charge is 0.481 e. The van der Waals surface area contributed by atoms with Crippen molar-refractivity contribution in [3.05, 3.63) is 0 Å². The molecule has 0 spiro atoms. The number of carbonyl (C=O) groups is 2. The smallest absolute Gasteiger partial charge is 0.305 e. The molecular formula is C21H40O4S. The van der Waals surface area contributed by atoms with Gasteiger partial charge >= 0.3 is 11.9 Å². The molecule has 0 unspecified atom stereocenters. The first-order valence-electron chi connectivity index (χ1n) is 10.6. The zero-order valence-electron chi connectivity index (χ0n) is 16.8. The van der Waals surface area contributed by atoms with Crippen LogP contribution < -0.4 is 0 Å². The van der Waals surface area contributed by atoms with Gasteiger partial charge in [0.1, 0.15) is 0 Å². The van der Waals surface area contributed by atoms with Crippen molar-refractivity contribution < 1.29 is 19.4 Å². The molecule has 154 valence electrons. The highest BCUT2D eigenvalue weighted by molar-refractivity contribution is 7.99. The summed E-state index contributed by atoms with van der Waals surface area (Å²) < 4.78 is 5.26.